The first-order valence-electron chi connectivity index (χ1n) is 25.2. The number of nitrogens with one attached hydrogen (secondary N) is 3. The lowest BCUT2D eigenvalue weighted by Gasteiger charge is -2.41. The highest BCUT2D eigenvalue weighted by atomic mass is 32.2. The van der Waals surface area contributed by atoms with Gasteiger partial charge < -0.3 is 60.3 Å². The third-order valence-electron chi connectivity index (χ3n) is 11.7. The molecule has 0 aliphatic carbocycles. The predicted octanol–water partition coefficient (Wildman–Crippen LogP) is 3.29. The molecule has 21 nitrogen and oxygen atoms in total. The fourth-order valence-electron chi connectivity index (χ4n) is 8.01. The summed E-state index contributed by atoms with van der Waals surface area (Å²) in [6.45, 7) is 8.37. The average molecular weight is 1100 g/mol. The van der Waals surface area contributed by atoms with Gasteiger partial charge in [0, 0.05) is 86.4 Å². The Morgan fingerprint density at radius 3 is 2.03 bits per heavy atom. The zero-order valence-electron chi connectivity index (χ0n) is 43.7. The van der Waals surface area contributed by atoms with E-state index in [-0.39, 0.29) is 127 Å². The Balaban J connectivity index is 1.22. The van der Waals surface area contributed by atoms with Gasteiger partial charge in [0.25, 0.3) is 11.8 Å². The molecular formula is C53H71F2N7O14S. The zero-order valence-corrected chi connectivity index (χ0v) is 44.5. The van der Waals surface area contributed by atoms with Gasteiger partial charge in [-0.15, -0.1) is 11.8 Å². The van der Waals surface area contributed by atoms with Crippen LogP contribution in [0.4, 0.5) is 8.78 Å². The number of carbonyl (C=O) groups is 8. The second kappa shape index (κ2) is 32.9. The molecule has 2 aromatic carbocycles. The first-order chi connectivity index (χ1) is 36.8. The Kier molecular flexibility index (Phi) is 26.9. The highest BCUT2D eigenvalue weighted by molar-refractivity contribution is 8.00. The van der Waals surface area contributed by atoms with Crippen LogP contribution in [-0.2, 0) is 63.8 Å². The second-order valence-electron chi connectivity index (χ2n) is 18.8. The van der Waals surface area contributed by atoms with Crippen LogP contribution in [0.2, 0.25) is 0 Å². The van der Waals surface area contributed by atoms with E-state index >= 15 is 4.39 Å². The Morgan fingerprint density at radius 1 is 0.779 bits per heavy atom. The number of ether oxygens (including phenoxy) is 4. The van der Waals surface area contributed by atoms with Gasteiger partial charge in [0.1, 0.15) is 23.7 Å². The molecule has 0 fully saturated rings. The van der Waals surface area contributed by atoms with Crippen LogP contribution in [0.5, 0.6) is 0 Å². The van der Waals surface area contributed by atoms with E-state index in [0.29, 0.717) is 24.2 Å². The summed E-state index contributed by atoms with van der Waals surface area (Å²) in [5.74, 6) is -7.60. The van der Waals surface area contributed by atoms with Crippen molar-refractivity contribution in [2.24, 2.45) is 11.1 Å². The lowest BCUT2D eigenvalue weighted by molar-refractivity contribution is -0.142. The second-order valence-corrected chi connectivity index (χ2v) is 19.8. The standard InChI is InChI=1S/C53H71F2N7O14S/c1-53(2,3)50(43-30-37(39-31-38(54)10-11-40(39)55)33-60(43)32-36-8-5-4-6-9-36)62(20-7-18-56)48(67)35-77-34-42(52(71)72)59-51(70)41(12-15-49(68)69)58-45(64)17-22-73-24-26-75-28-29-76-27-25-74-23-19-57-44(63)16-21-61-46(65)13-14-47(61)66/h4-6,8-11,13-14,30-31,33,41-42,50H,7,12,15-29,32,34-35,56H2,1-3H3,(H,57,63)(H,58,64)(H,59,70)(H,68,69)(H,71,72)/t41-,42+,50+/m1/s1. The summed E-state index contributed by atoms with van der Waals surface area (Å²) < 4.78 is 53.3. The quantitative estimate of drug-likeness (QED) is 0.0357. The van der Waals surface area contributed by atoms with Crippen LogP contribution < -0.4 is 21.7 Å². The maximum Gasteiger partial charge on any atom is 0.327 e. The largest absolute Gasteiger partial charge is 0.481 e. The van der Waals surface area contributed by atoms with Crippen molar-refractivity contribution < 1.29 is 76.3 Å². The van der Waals surface area contributed by atoms with Gasteiger partial charge in [-0.25, -0.2) is 13.6 Å². The van der Waals surface area contributed by atoms with Gasteiger partial charge in [0.05, 0.1) is 64.6 Å². The van der Waals surface area contributed by atoms with Crippen LogP contribution in [0.1, 0.15) is 70.2 Å². The smallest absolute Gasteiger partial charge is 0.327 e. The molecule has 0 bridgehead atoms. The van der Waals surface area contributed by atoms with Crippen LogP contribution in [0.25, 0.3) is 11.1 Å². The number of rotatable bonds is 37. The summed E-state index contributed by atoms with van der Waals surface area (Å²) in [4.78, 5) is 102. The van der Waals surface area contributed by atoms with Crippen LogP contribution in [0, 0.1) is 17.0 Å². The summed E-state index contributed by atoms with van der Waals surface area (Å²) in [7, 11) is 0. The molecule has 0 radical (unpaired) electrons. The van der Waals surface area contributed by atoms with Gasteiger partial charge in [-0.3, -0.25) is 38.5 Å². The number of nitrogens with two attached hydrogens (primary N) is 1. The Bertz CT molecular complexity index is 2460. The molecule has 4 rings (SSSR count). The van der Waals surface area contributed by atoms with E-state index < -0.39 is 77.2 Å². The van der Waals surface area contributed by atoms with Crippen LogP contribution in [-0.4, -0.2) is 175 Å². The fourth-order valence-corrected chi connectivity index (χ4v) is 8.93. The van der Waals surface area contributed by atoms with Gasteiger partial charge >= 0.3 is 11.9 Å². The predicted molar refractivity (Wildman–Crippen MR) is 280 cm³/mol. The Labute approximate surface area is 450 Å². The third-order valence-corrected chi connectivity index (χ3v) is 12.8. The summed E-state index contributed by atoms with van der Waals surface area (Å²) in [5.41, 5.74) is 7.33. The summed E-state index contributed by atoms with van der Waals surface area (Å²) >= 11 is 0.951. The monoisotopic (exact) mass is 1100 g/mol. The zero-order chi connectivity index (χ0) is 56.3. The Morgan fingerprint density at radius 2 is 1.42 bits per heavy atom. The van der Waals surface area contributed by atoms with E-state index in [1.54, 1.807) is 17.2 Å². The summed E-state index contributed by atoms with van der Waals surface area (Å²) in [6, 6.07) is 10.9. The van der Waals surface area contributed by atoms with Crippen molar-refractivity contribution in [3.63, 3.8) is 0 Å². The van der Waals surface area contributed by atoms with Crippen molar-refractivity contribution in [2.45, 2.75) is 77.5 Å². The van der Waals surface area contributed by atoms with Gasteiger partial charge in [0.2, 0.25) is 23.6 Å². The third kappa shape index (κ3) is 22.1. The van der Waals surface area contributed by atoms with E-state index in [4.69, 9.17) is 24.7 Å². The highest BCUT2D eigenvalue weighted by Crippen LogP contribution is 2.41. The van der Waals surface area contributed by atoms with Crippen molar-refractivity contribution in [3.05, 3.63) is 95.8 Å². The fraction of sp³-hybridized carbons (Fsp3) is 0.509. The van der Waals surface area contributed by atoms with E-state index in [1.165, 1.54) is 0 Å². The number of carboxylic acids is 2. The molecule has 0 spiro atoms. The molecule has 2 heterocycles. The normalized spacial score (nSPS) is 13.6. The molecule has 0 saturated heterocycles. The van der Waals surface area contributed by atoms with E-state index in [0.717, 1.165) is 52.6 Å². The van der Waals surface area contributed by atoms with Crippen LogP contribution >= 0.6 is 11.8 Å². The van der Waals surface area contributed by atoms with Crippen LogP contribution in [0.3, 0.4) is 0 Å². The minimum absolute atomic E-state index is 0.00364. The molecule has 1 aliphatic heterocycles. The average Bonchev–Trinajstić information content (AvgIpc) is 3.97. The molecule has 3 atom stereocenters. The Hall–Kier alpha value is -6.57. The number of halogens is 2. The highest BCUT2D eigenvalue weighted by Gasteiger charge is 2.37. The molecule has 24 heteroatoms. The van der Waals surface area contributed by atoms with E-state index in [9.17, 15) is 53.0 Å². The van der Waals surface area contributed by atoms with Gasteiger partial charge in [0.15, 0.2) is 0 Å². The molecule has 422 valence electrons. The number of amides is 6. The number of aromatic nitrogens is 1. The summed E-state index contributed by atoms with van der Waals surface area (Å²) in [5, 5.41) is 27.0. The van der Waals surface area contributed by atoms with Crippen LogP contribution in [0.15, 0.2) is 72.9 Å². The molecule has 0 saturated carbocycles. The maximum absolute atomic E-state index is 15.2. The van der Waals surface area contributed by atoms with E-state index in [1.807, 2.05) is 55.7 Å². The number of imide groups is 1. The van der Waals surface area contributed by atoms with Crippen molar-refractivity contribution in [3.8, 4) is 11.1 Å². The lowest BCUT2D eigenvalue weighted by atomic mass is 9.83. The SMILES string of the molecule is CC(C)(C)[C@H](c1cc(-c2cc(F)ccc2F)cn1Cc1ccccc1)N(CCCN)C(=O)CSC[C@H](NC(=O)[C@@H](CCC(=O)O)NC(=O)CCOCCOCCOCCOCCNC(=O)CCN1C(=O)C=CC1=O)C(=O)O. The number of hydrogen-bond acceptors (Lipinski definition) is 14. The number of benzene rings is 2. The number of carbonyl (C=O) groups excluding carboxylic acids is 6. The topological polar surface area (TPSA) is 287 Å². The van der Waals surface area contributed by atoms with Gasteiger partial charge in [-0.1, -0.05) is 51.1 Å². The van der Waals surface area contributed by atoms with Crippen molar-refractivity contribution in [1.29, 1.82) is 0 Å². The van der Waals surface area contributed by atoms with Crippen molar-refractivity contribution >= 4 is 59.1 Å². The minimum atomic E-state index is -1.54. The first kappa shape index (κ1) is 63.0. The number of thioether (sulfide) groups is 1. The molecule has 77 heavy (non-hydrogen) atoms. The molecule has 0 unspecified atom stereocenters. The maximum atomic E-state index is 15.2. The van der Waals surface area contributed by atoms with Crippen molar-refractivity contribution in [2.75, 3.05) is 90.5 Å². The molecule has 1 aliphatic rings. The van der Waals surface area contributed by atoms with E-state index in [2.05, 4.69) is 16.0 Å². The van der Waals surface area contributed by atoms with Gasteiger partial charge in [-0.2, -0.15) is 0 Å². The number of hydrogen-bond donors (Lipinski definition) is 6. The number of nitrogens with zero attached hydrogens (tertiary/aromatic N) is 3. The minimum Gasteiger partial charge on any atom is -0.481 e. The number of aliphatic carboxylic acids is 2. The summed E-state index contributed by atoms with van der Waals surface area (Å²) in [6.07, 6.45) is 3.36. The first-order valence-corrected chi connectivity index (χ1v) is 26.4. The molecule has 7 N–H and O–H groups in total. The molecular weight excluding hydrogens is 1030 g/mol. The van der Waals surface area contributed by atoms with Crippen molar-refractivity contribution in [1.82, 2.24) is 30.3 Å². The van der Waals surface area contributed by atoms with Gasteiger partial charge in [-0.05, 0) is 54.6 Å². The molecule has 6 amide bonds. The molecule has 1 aromatic heterocycles. The number of carboxylic acid groups (broad SMARTS) is 2. The molecule has 3 aromatic rings. The lowest BCUT2D eigenvalue weighted by Crippen LogP contribution is -2.52.